The molecule has 1 fully saturated rings. The molecule has 1 atom stereocenters. The lowest BCUT2D eigenvalue weighted by atomic mass is 10.0. The summed E-state index contributed by atoms with van der Waals surface area (Å²) in [5, 5.41) is 4.54. The molecule has 2 heterocycles. The van der Waals surface area contributed by atoms with Crippen LogP contribution < -0.4 is 5.32 Å². The van der Waals surface area contributed by atoms with Crippen molar-refractivity contribution >= 4 is 16.9 Å². The lowest BCUT2D eigenvalue weighted by Gasteiger charge is -2.28. The predicted octanol–water partition coefficient (Wildman–Crippen LogP) is 2.39. The molecule has 0 amide bonds. The van der Waals surface area contributed by atoms with Crippen LogP contribution in [0.25, 0.3) is 0 Å². The summed E-state index contributed by atoms with van der Waals surface area (Å²) in [6, 6.07) is 0.550. The van der Waals surface area contributed by atoms with Crippen LogP contribution in [0, 0.1) is 12.8 Å². The molecule has 98 valence electrons. The zero-order valence-corrected chi connectivity index (χ0v) is 12.0. The molecule has 0 aromatic carbocycles. The first kappa shape index (κ1) is 13.3. The highest BCUT2D eigenvalue weighted by Crippen LogP contribution is 2.19. The minimum absolute atomic E-state index is 0.550. The maximum absolute atomic E-state index is 4.58. The molecule has 0 saturated carbocycles. The monoisotopic (exact) mass is 264 g/mol. The maximum atomic E-state index is 4.58. The first-order chi connectivity index (χ1) is 8.65. The van der Waals surface area contributed by atoms with Gasteiger partial charge < -0.3 is 5.32 Å². The van der Waals surface area contributed by atoms with Crippen LogP contribution in [0.2, 0.25) is 0 Å². The molecule has 18 heavy (non-hydrogen) atoms. The van der Waals surface area contributed by atoms with E-state index in [2.05, 4.69) is 34.1 Å². The first-order valence-electron chi connectivity index (χ1n) is 6.36. The fourth-order valence-electron chi connectivity index (χ4n) is 1.80. The third kappa shape index (κ3) is 3.70. The number of nitrogens with zero attached hydrogens (tertiary/aromatic N) is 3. The number of aryl methyl sites for hydroxylation is 1. The molecule has 1 aromatic heterocycles. The van der Waals surface area contributed by atoms with E-state index in [1.54, 1.807) is 24.2 Å². The molecular weight excluding hydrogens is 244 g/mol. The molecule has 2 rings (SSSR count). The van der Waals surface area contributed by atoms with Gasteiger partial charge in [-0.25, -0.2) is 0 Å². The van der Waals surface area contributed by atoms with E-state index in [9.17, 15) is 0 Å². The van der Waals surface area contributed by atoms with Crippen LogP contribution in [0.15, 0.2) is 17.4 Å². The molecule has 1 aliphatic rings. The smallest absolute Gasteiger partial charge is 0.157 e. The Morgan fingerprint density at radius 1 is 1.44 bits per heavy atom. The Kier molecular flexibility index (Phi) is 4.58. The molecule has 1 saturated heterocycles. The van der Waals surface area contributed by atoms with Crippen molar-refractivity contribution in [2.24, 2.45) is 10.9 Å². The Bertz CT molecular complexity index is 414. The SMILES string of the molecule is Cc1cnc(CN=C2NC(C(C)C)CCS2)cn1. The predicted molar refractivity (Wildman–Crippen MR) is 76.7 cm³/mol. The Morgan fingerprint density at radius 3 is 2.94 bits per heavy atom. The highest BCUT2D eigenvalue weighted by atomic mass is 32.2. The van der Waals surface area contributed by atoms with Gasteiger partial charge in [-0.15, -0.1) is 0 Å². The highest BCUT2D eigenvalue weighted by Gasteiger charge is 2.19. The molecule has 1 aromatic rings. The van der Waals surface area contributed by atoms with E-state index >= 15 is 0 Å². The molecule has 0 aliphatic carbocycles. The molecule has 1 aliphatic heterocycles. The Labute approximate surface area is 113 Å². The molecule has 0 radical (unpaired) electrons. The van der Waals surface area contributed by atoms with E-state index in [0.717, 1.165) is 22.3 Å². The number of hydrogen-bond acceptors (Lipinski definition) is 4. The Balaban J connectivity index is 1.94. The van der Waals surface area contributed by atoms with E-state index in [1.165, 1.54) is 6.42 Å². The zero-order valence-electron chi connectivity index (χ0n) is 11.2. The van der Waals surface area contributed by atoms with Crippen molar-refractivity contribution in [2.45, 2.75) is 39.8 Å². The molecule has 0 bridgehead atoms. The Morgan fingerprint density at radius 2 is 2.28 bits per heavy atom. The second-order valence-electron chi connectivity index (χ2n) is 4.90. The van der Waals surface area contributed by atoms with Gasteiger partial charge in [-0.2, -0.15) is 0 Å². The number of aliphatic imine (C=N–C) groups is 1. The highest BCUT2D eigenvalue weighted by molar-refractivity contribution is 8.13. The number of hydrogen-bond donors (Lipinski definition) is 1. The maximum Gasteiger partial charge on any atom is 0.157 e. The van der Waals surface area contributed by atoms with Gasteiger partial charge in [0, 0.05) is 18.0 Å². The van der Waals surface area contributed by atoms with Gasteiger partial charge in [0.05, 0.1) is 24.1 Å². The molecular formula is C13H20N4S. The lowest BCUT2D eigenvalue weighted by molar-refractivity contribution is 0.442. The van der Waals surface area contributed by atoms with Gasteiger partial charge in [0.1, 0.15) is 0 Å². The van der Waals surface area contributed by atoms with Crippen molar-refractivity contribution in [1.82, 2.24) is 15.3 Å². The average Bonchev–Trinajstić information content (AvgIpc) is 2.38. The number of rotatable bonds is 3. The quantitative estimate of drug-likeness (QED) is 0.910. The van der Waals surface area contributed by atoms with Gasteiger partial charge in [-0.05, 0) is 19.3 Å². The summed E-state index contributed by atoms with van der Waals surface area (Å²) in [7, 11) is 0. The summed E-state index contributed by atoms with van der Waals surface area (Å²) in [4.78, 5) is 13.1. The third-order valence-electron chi connectivity index (χ3n) is 3.00. The lowest BCUT2D eigenvalue weighted by Crippen LogP contribution is -2.41. The van der Waals surface area contributed by atoms with E-state index in [0.29, 0.717) is 18.5 Å². The Hall–Kier alpha value is -1.10. The van der Waals surface area contributed by atoms with Crippen LogP contribution in [-0.4, -0.2) is 26.9 Å². The fraction of sp³-hybridized carbons (Fsp3) is 0.615. The van der Waals surface area contributed by atoms with Crippen molar-refractivity contribution < 1.29 is 0 Å². The first-order valence-corrected chi connectivity index (χ1v) is 7.35. The van der Waals surface area contributed by atoms with Gasteiger partial charge in [-0.1, -0.05) is 25.6 Å². The van der Waals surface area contributed by atoms with E-state index in [1.807, 2.05) is 6.92 Å². The van der Waals surface area contributed by atoms with Gasteiger partial charge in [0.15, 0.2) is 5.17 Å². The van der Waals surface area contributed by atoms with Crippen LogP contribution >= 0.6 is 11.8 Å². The van der Waals surface area contributed by atoms with E-state index < -0.39 is 0 Å². The van der Waals surface area contributed by atoms with Gasteiger partial charge in [0.25, 0.3) is 0 Å². The van der Waals surface area contributed by atoms with Crippen LogP contribution in [-0.2, 0) is 6.54 Å². The second-order valence-corrected chi connectivity index (χ2v) is 5.99. The summed E-state index contributed by atoms with van der Waals surface area (Å²) in [6.45, 7) is 7.04. The van der Waals surface area contributed by atoms with Crippen LogP contribution in [0.5, 0.6) is 0 Å². The molecule has 4 nitrogen and oxygen atoms in total. The second kappa shape index (κ2) is 6.18. The van der Waals surface area contributed by atoms with E-state index in [-0.39, 0.29) is 0 Å². The molecule has 1 unspecified atom stereocenters. The number of thioether (sulfide) groups is 1. The summed E-state index contributed by atoms with van der Waals surface area (Å²) in [5.74, 6) is 1.80. The van der Waals surface area contributed by atoms with Crippen molar-refractivity contribution in [3.63, 3.8) is 0 Å². The van der Waals surface area contributed by atoms with Crippen molar-refractivity contribution in [2.75, 3.05) is 5.75 Å². The van der Waals surface area contributed by atoms with E-state index in [4.69, 9.17) is 0 Å². The van der Waals surface area contributed by atoms with Gasteiger partial charge in [-0.3, -0.25) is 15.0 Å². The number of nitrogens with one attached hydrogen (secondary N) is 1. The summed E-state index contributed by atoms with van der Waals surface area (Å²) < 4.78 is 0. The summed E-state index contributed by atoms with van der Waals surface area (Å²) in [6.07, 6.45) is 4.80. The van der Waals surface area contributed by atoms with Crippen LogP contribution in [0.3, 0.4) is 0 Å². The minimum atomic E-state index is 0.550. The van der Waals surface area contributed by atoms with Crippen molar-refractivity contribution in [3.8, 4) is 0 Å². The summed E-state index contributed by atoms with van der Waals surface area (Å²) >= 11 is 1.80. The minimum Gasteiger partial charge on any atom is -0.362 e. The number of amidine groups is 1. The standard InChI is InChI=1S/C13H20N4S/c1-9(2)12-4-5-18-13(17-12)16-8-11-7-14-10(3)6-15-11/h6-7,9,12H,4-5,8H2,1-3H3,(H,16,17). The van der Waals surface area contributed by atoms with Gasteiger partial charge in [0.2, 0.25) is 0 Å². The third-order valence-corrected chi connectivity index (χ3v) is 3.96. The van der Waals surface area contributed by atoms with Gasteiger partial charge >= 0.3 is 0 Å². The zero-order chi connectivity index (χ0) is 13.0. The fourth-order valence-corrected chi connectivity index (χ4v) is 2.76. The van der Waals surface area contributed by atoms with Crippen molar-refractivity contribution in [1.29, 1.82) is 0 Å². The molecule has 1 N–H and O–H groups in total. The van der Waals surface area contributed by atoms with Crippen molar-refractivity contribution in [3.05, 3.63) is 23.8 Å². The largest absolute Gasteiger partial charge is 0.362 e. The normalized spacial score (nSPS) is 22.2. The van der Waals surface area contributed by atoms with Crippen LogP contribution in [0.4, 0.5) is 0 Å². The summed E-state index contributed by atoms with van der Waals surface area (Å²) in [5.41, 5.74) is 1.86. The average molecular weight is 264 g/mol. The topological polar surface area (TPSA) is 50.2 Å². The van der Waals surface area contributed by atoms with Crippen LogP contribution in [0.1, 0.15) is 31.7 Å². The number of aromatic nitrogens is 2. The molecule has 0 spiro atoms. The molecule has 5 heteroatoms.